The summed E-state index contributed by atoms with van der Waals surface area (Å²) in [7, 11) is 1.66. The molecule has 0 saturated heterocycles. The predicted octanol–water partition coefficient (Wildman–Crippen LogP) is 2.62. The van der Waals surface area contributed by atoms with Crippen LogP contribution in [0.1, 0.15) is 33.4 Å². The molecular weight excluding hydrogens is 402 g/mol. The van der Waals surface area contributed by atoms with Crippen molar-refractivity contribution < 1.29 is 19.1 Å². The molecule has 0 aliphatic rings. The summed E-state index contributed by atoms with van der Waals surface area (Å²) in [5.74, 6) is -0.591. The van der Waals surface area contributed by atoms with Gasteiger partial charge in [-0.3, -0.25) is 9.32 Å². The first kappa shape index (κ1) is 19.7. The number of nitrogens with two attached hydrogens (primary N) is 1. The molecule has 3 heterocycles. The van der Waals surface area contributed by atoms with Crippen molar-refractivity contribution in [1.82, 2.24) is 10.3 Å². The lowest BCUT2D eigenvalue weighted by atomic mass is 9.92. The van der Waals surface area contributed by atoms with E-state index in [0.717, 1.165) is 22.5 Å². The van der Waals surface area contributed by atoms with Gasteiger partial charge in [0.1, 0.15) is 4.83 Å². The van der Waals surface area contributed by atoms with E-state index in [9.17, 15) is 9.90 Å². The second kappa shape index (κ2) is 7.34. The maximum atomic E-state index is 12.8. The molecule has 0 atom stereocenters. The molecule has 3 aromatic heterocycles. The Hall–Kier alpha value is -3.59. The number of nitrogens with zero attached hydrogens (tertiary/aromatic N) is 4. The zero-order valence-electron chi connectivity index (χ0n) is 16.9. The number of carbonyl (C=O) groups excluding carboxylic acids is 1. The molecule has 0 unspecified atom stereocenters. The molecule has 8 nitrogen and oxygen atoms in total. The average Bonchev–Trinajstić information content (AvgIpc) is 3.23. The largest absolute Gasteiger partial charge is 0.857 e. The van der Waals surface area contributed by atoms with Crippen molar-refractivity contribution in [1.29, 1.82) is 0 Å². The molecule has 2 N–H and O–H groups in total. The van der Waals surface area contributed by atoms with E-state index in [1.54, 1.807) is 14.0 Å². The number of pyridine rings is 1. The summed E-state index contributed by atoms with van der Waals surface area (Å²) >= 11 is 1.15. The van der Waals surface area contributed by atoms with Crippen LogP contribution in [0.5, 0.6) is 0 Å². The zero-order chi connectivity index (χ0) is 21.6. The van der Waals surface area contributed by atoms with Crippen LogP contribution in [0.3, 0.4) is 0 Å². The molecular formula is C21H19N5O3S. The summed E-state index contributed by atoms with van der Waals surface area (Å²) < 4.78 is 6.38. The summed E-state index contributed by atoms with van der Waals surface area (Å²) in [6.45, 7) is 5.26. The van der Waals surface area contributed by atoms with E-state index in [0.29, 0.717) is 27.0 Å². The van der Waals surface area contributed by atoms with Gasteiger partial charge in [-0.25, -0.2) is 9.98 Å². The monoisotopic (exact) mass is 421 g/mol. The van der Waals surface area contributed by atoms with Crippen molar-refractivity contribution >= 4 is 44.8 Å². The van der Waals surface area contributed by atoms with Crippen LogP contribution in [0.25, 0.3) is 21.3 Å². The first-order valence-corrected chi connectivity index (χ1v) is 9.97. The Morgan fingerprint density at radius 2 is 2.10 bits per heavy atom. The van der Waals surface area contributed by atoms with Crippen LogP contribution in [0, 0.1) is 13.8 Å². The number of aromatic nitrogens is 3. The maximum absolute atomic E-state index is 12.8. The molecule has 0 saturated carbocycles. The van der Waals surface area contributed by atoms with E-state index in [2.05, 4.69) is 15.2 Å². The third-order valence-electron chi connectivity index (χ3n) is 4.68. The predicted molar refractivity (Wildman–Crippen MR) is 113 cm³/mol. The van der Waals surface area contributed by atoms with Gasteiger partial charge >= 0.3 is 5.88 Å². The number of hydrogen-bond acceptors (Lipinski definition) is 8. The van der Waals surface area contributed by atoms with E-state index in [1.807, 2.05) is 31.2 Å². The number of benzene rings is 1. The Morgan fingerprint density at radius 1 is 1.33 bits per heavy atom. The lowest BCUT2D eigenvalue weighted by molar-refractivity contribution is -0.739. The Kier molecular flexibility index (Phi) is 4.83. The van der Waals surface area contributed by atoms with Crippen LogP contribution in [0.15, 0.2) is 40.0 Å². The van der Waals surface area contributed by atoms with Crippen molar-refractivity contribution in [2.45, 2.75) is 20.8 Å². The van der Waals surface area contributed by atoms with Gasteiger partial charge in [-0.2, -0.15) is 0 Å². The Bertz CT molecular complexity index is 1340. The number of nitrogen functional groups attached to an aromatic ring is 1. The van der Waals surface area contributed by atoms with Crippen molar-refractivity contribution in [2.24, 2.45) is 12.0 Å². The minimum atomic E-state index is -0.551. The van der Waals surface area contributed by atoms with Gasteiger partial charge in [0.2, 0.25) is 0 Å². The van der Waals surface area contributed by atoms with Gasteiger partial charge in [0.25, 0.3) is 6.20 Å². The third-order valence-corrected chi connectivity index (χ3v) is 5.77. The Labute approximate surface area is 176 Å². The summed E-state index contributed by atoms with van der Waals surface area (Å²) in [6.07, 6.45) is 1.48. The van der Waals surface area contributed by atoms with E-state index >= 15 is 0 Å². The summed E-state index contributed by atoms with van der Waals surface area (Å²) in [4.78, 5) is 21.8. The molecule has 0 aliphatic heterocycles. The van der Waals surface area contributed by atoms with Gasteiger partial charge in [0.05, 0.1) is 16.3 Å². The van der Waals surface area contributed by atoms with Crippen LogP contribution in [-0.2, 0) is 7.05 Å². The topological polar surface area (TPSA) is 121 Å². The van der Waals surface area contributed by atoms with E-state index in [1.165, 1.54) is 17.8 Å². The fraction of sp³-hybridized carbons (Fsp3) is 0.190. The zero-order valence-corrected chi connectivity index (χ0v) is 17.7. The molecule has 4 rings (SSSR count). The lowest BCUT2D eigenvalue weighted by Crippen LogP contribution is -2.27. The lowest BCUT2D eigenvalue weighted by Gasteiger charge is -2.13. The fourth-order valence-electron chi connectivity index (χ4n) is 3.46. The first-order chi connectivity index (χ1) is 14.3. The van der Waals surface area contributed by atoms with E-state index in [-0.39, 0.29) is 22.2 Å². The number of aliphatic imine (C=N–C) groups is 1. The van der Waals surface area contributed by atoms with Gasteiger partial charge in [0, 0.05) is 22.4 Å². The normalized spacial score (nSPS) is 11.9. The molecule has 0 bridgehead atoms. The maximum Gasteiger partial charge on any atom is 0.320 e. The molecule has 0 amide bonds. The van der Waals surface area contributed by atoms with E-state index < -0.39 is 5.90 Å². The first-order valence-electron chi connectivity index (χ1n) is 9.15. The highest BCUT2D eigenvalue weighted by Crippen LogP contribution is 2.42. The van der Waals surface area contributed by atoms with Crippen LogP contribution in [0.2, 0.25) is 0 Å². The second-order valence-corrected chi connectivity index (χ2v) is 8.03. The Balaban J connectivity index is 2.02. The molecule has 0 spiro atoms. The van der Waals surface area contributed by atoms with Gasteiger partial charge < -0.3 is 10.8 Å². The number of carbonyl (C=O) groups is 1. The van der Waals surface area contributed by atoms with Crippen molar-refractivity contribution in [3.8, 4) is 11.1 Å². The SMILES string of the molecule is CC(=O)c1c(C)nc2sc(/C([O-])=N/c3c[n+](C)no3)c(N)c2c1-c1cccc(C)c1. The summed E-state index contributed by atoms with van der Waals surface area (Å²) in [6, 6.07) is 7.80. The molecule has 30 heavy (non-hydrogen) atoms. The smallest absolute Gasteiger partial charge is 0.320 e. The van der Waals surface area contributed by atoms with Gasteiger partial charge in [-0.15, -0.1) is 11.3 Å². The minimum absolute atomic E-state index is 0.0758. The fourth-order valence-corrected chi connectivity index (χ4v) is 4.49. The van der Waals surface area contributed by atoms with Crippen molar-refractivity contribution in [2.75, 3.05) is 5.73 Å². The Morgan fingerprint density at radius 3 is 2.73 bits per heavy atom. The van der Waals surface area contributed by atoms with Crippen LogP contribution in [-0.4, -0.2) is 21.9 Å². The van der Waals surface area contributed by atoms with Crippen LogP contribution in [0.4, 0.5) is 11.6 Å². The number of rotatable bonds is 4. The molecule has 9 heteroatoms. The standard InChI is InChI=1S/C21H19N5O3S/c1-10-6-5-7-13(8-10)16-15(12(3)27)11(2)23-21-17(16)18(22)19(30-21)20(28)24-14-9-26(4)25-29-14/h5-9H,1-4H3,(H2-,22,24,25,28). The number of anilines is 1. The molecule has 0 fully saturated rings. The number of fused-ring (bicyclic) bond motifs is 1. The van der Waals surface area contributed by atoms with Gasteiger partial charge in [0.15, 0.2) is 18.1 Å². The highest BCUT2D eigenvalue weighted by Gasteiger charge is 2.23. The highest BCUT2D eigenvalue weighted by atomic mass is 32.1. The second-order valence-electron chi connectivity index (χ2n) is 7.03. The third kappa shape index (κ3) is 3.33. The number of Topliss-reactive ketones (excluding diaryl/α,β-unsaturated/α-hetero) is 1. The quantitative estimate of drug-likeness (QED) is 0.234. The number of thiophene rings is 1. The van der Waals surface area contributed by atoms with Gasteiger partial charge in [-0.05, 0) is 26.3 Å². The summed E-state index contributed by atoms with van der Waals surface area (Å²) in [5.41, 5.74) is 10.3. The van der Waals surface area contributed by atoms with Crippen LogP contribution < -0.4 is 15.5 Å². The number of hydrogen-bond donors (Lipinski definition) is 1. The molecule has 1 aromatic carbocycles. The highest BCUT2D eigenvalue weighted by molar-refractivity contribution is 7.21. The van der Waals surface area contributed by atoms with Crippen molar-refractivity contribution in [3.05, 3.63) is 52.2 Å². The molecule has 0 aliphatic carbocycles. The minimum Gasteiger partial charge on any atom is -0.857 e. The van der Waals surface area contributed by atoms with Gasteiger partial charge in [-0.1, -0.05) is 34.5 Å². The molecule has 152 valence electrons. The van der Waals surface area contributed by atoms with Crippen LogP contribution >= 0.6 is 11.3 Å². The summed E-state index contributed by atoms with van der Waals surface area (Å²) in [5, 5.41) is 17.0. The average molecular weight is 421 g/mol. The van der Waals surface area contributed by atoms with Crippen molar-refractivity contribution in [3.63, 3.8) is 0 Å². The number of aryl methyl sites for hydroxylation is 3. The molecule has 0 radical (unpaired) electrons. The number of ketones is 1. The van der Waals surface area contributed by atoms with E-state index in [4.69, 9.17) is 10.3 Å². The molecule has 4 aromatic rings.